The highest BCUT2D eigenvalue weighted by Gasteiger charge is 2.31. The first-order chi connectivity index (χ1) is 11.7. The highest BCUT2D eigenvalue weighted by Crippen LogP contribution is 2.26. The molecule has 1 aliphatic heterocycles. The zero-order valence-corrected chi connectivity index (χ0v) is 14.9. The van der Waals surface area contributed by atoms with E-state index in [2.05, 4.69) is 27.9 Å². The summed E-state index contributed by atoms with van der Waals surface area (Å²) in [7, 11) is 1.97. The van der Waals surface area contributed by atoms with E-state index in [0.717, 1.165) is 51.7 Å². The Morgan fingerprint density at radius 2 is 2.25 bits per heavy atom. The first kappa shape index (κ1) is 15.8. The number of thiophene rings is 1. The van der Waals surface area contributed by atoms with Gasteiger partial charge in [0.05, 0.1) is 0 Å². The lowest BCUT2D eigenvalue weighted by Crippen LogP contribution is -2.35. The first-order valence-corrected chi connectivity index (χ1v) is 9.70. The molecule has 1 unspecified atom stereocenters. The molecule has 0 radical (unpaired) electrons. The second-order valence-electron chi connectivity index (χ2n) is 6.80. The molecule has 1 N–H and O–H groups in total. The van der Waals surface area contributed by atoms with Gasteiger partial charge in [0.1, 0.15) is 0 Å². The summed E-state index contributed by atoms with van der Waals surface area (Å²) in [5.41, 5.74) is 3.10. The molecule has 0 aromatic carbocycles. The molecular weight excluding hydrogens is 320 g/mol. The average Bonchev–Trinajstić information content (AvgIpc) is 3.34. The van der Waals surface area contributed by atoms with Crippen LogP contribution in [0.1, 0.15) is 45.9 Å². The van der Waals surface area contributed by atoms with Crippen LogP contribution in [0.4, 0.5) is 0 Å². The van der Waals surface area contributed by atoms with Gasteiger partial charge < -0.3 is 10.2 Å². The summed E-state index contributed by atoms with van der Waals surface area (Å²) in [6, 6.07) is 4.68. The molecule has 2 aliphatic rings. The fourth-order valence-electron chi connectivity index (χ4n) is 3.86. The lowest BCUT2D eigenvalue weighted by Gasteiger charge is -2.24. The molecule has 128 valence electrons. The molecule has 24 heavy (non-hydrogen) atoms. The van der Waals surface area contributed by atoms with Crippen molar-refractivity contribution in [1.82, 2.24) is 20.0 Å². The molecule has 2 aromatic rings. The number of carbonyl (C=O) groups excluding carboxylic acids is 1. The second kappa shape index (κ2) is 6.69. The maximum Gasteiger partial charge on any atom is 0.274 e. The third-order valence-corrected chi connectivity index (χ3v) is 6.07. The van der Waals surface area contributed by atoms with E-state index < -0.39 is 0 Å². The van der Waals surface area contributed by atoms with Gasteiger partial charge in [-0.05, 0) is 43.6 Å². The smallest absolute Gasteiger partial charge is 0.274 e. The van der Waals surface area contributed by atoms with Crippen LogP contribution in [-0.4, -0.2) is 39.7 Å². The van der Waals surface area contributed by atoms with Crippen LogP contribution in [0.15, 0.2) is 17.5 Å². The van der Waals surface area contributed by atoms with E-state index >= 15 is 0 Å². The fourth-order valence-corrected chi connectivity index (χ4v) is 4.52. The van der Waals surface area contributed by atoms with Crippen molar-refractivity contribution < 1.29 is 4.79 Å². The molecule has 1 fully saturated rings. The Morgan fingerprint density at radius 3 is 3.00 bits per heavy atom. The van der Waals surface area contributed by atoms with Crippen LogP contribution in [0.2, 0.25) is 0 Å². The van der Waals surface area contributed by atoms with Gasteiger partial charge in [0.15, 0.2) is 5.69 Å². The quantitative estimate of drug-likeness (QED) is 0.926. The third kappa shape index (κ3) is 3.00. The number of likely N-dealkylation sites (tertiary alicyclic amines) is 1. The van der Waals surface area contributed by atoms with Crippen LogP contribution >= 0.6 is 11.3 Å². The van der Waals surface area contributed by atoms with Gasteiger partial charge in [0.2, 0.25) is 0 Å². The number of nitrogens with zero attached hydrogens (tertiary/aromatic N) is 3. The average molecular weight is 344 g/mol. The maximum absolute atomic E-state index is 12.8. The van der Waals surface area contributed by atoms with E-state index in [1.807, 2.05) is 16.6 Å². The van der Waals surface area contributed by atoms with E-state index in [-0.39, 0.29) is 5.91 Å². The Labute approximate surface area is 146 Å². The summed E-state index contributed by atoms with van der Waals surface area (Å²) in [4.78, 5) is 16.1. The third-order valence-electron chi connectivity index (χ3n) is 5.20. The molecule has 1 atom stereocenters. The van der Waals surface area contributed by atoms with E-state index in [1.54, 1.807) is 11.3 Å². The number of hydrogen-bond donors (Lipinski definition) is 1. The highest BCUT2D eigenvalue weighted by atomic mass is 32.1. The number of aryl methyl sites for hydroxylation is 1. The fraction of sp³-hybridized carbons (Fsp3) is 0.556. The number of amides is 1. The Morgan fingerprint density at radius 1 is 1.42 bits per heavy atom. The van der Waals surface area contributed by atoms with Gasteiger partial charge in [-0.2, -0.15) is 5.10 Å². The minimum absolute atomic E-state index is 0.128. The van der Waals surface area contributed by atoms with Gasteiger partial charge in [-0.3, -0.25) is 9.48 Å². The van der Waals surface area contributed by atoms with Crippen LogP contribution in [-0.2, 0) is 26.4 Å². The Kier molecular flexibility index (Phi) is 4.41. The van der Waals surface area contributed by atoms with Gasteiger partial charge >= 0.3 is 0 Å². The number of carbonyl (C=O) groups is 1. The summed E-state index contributed by atoms with van der Waals surface area (Å²) in [6.07, 6.45) is 5.24. The monoisotopic (exact) mass is 344 g/mol. The molecule has 0 spiro atoms. The number of rotatable bonds is 4. The SMILES string of the molecule is Cn1nc(C(=O)N2CCCC2)c2c1CCC(NCc1cccs1)C2. The largest absolute Gasteiger partial charge is 0.337 e. The van der Waals surface area contributed by atoms with E-state index in [0.29, 0.717) is 11.7 Å². The first-order valence-electron chi connectivity index (χ1n) is 8.82. The maximum atomic E-state index is 12.8. The van der Waals surface area contributed by atoms with Crippen LogP contribution < -0.4 is 5.32 Å². The normalized spacial score (nSPS) is 20.4. The van der Waals surface area contributed by atoms with Crippen molar-refractivity contribution in [3.05, 3.63) is 39.3 Å². The standard InChI is InChI=1S/C18H24N4OS/c1-21-16-7-6-13(19-12-14-5-4-10-24-14)11-15(16)17(20-21)18(23)22-8-2-3-9-22/h4-5,10,13,19H,2-3,6-9,11-12H2,1H3. The van der Waals surface area contributed by atoms with Crippen molar-refractivity contribution >= 4 is 17.2 Å². The Hall–Kier alpha value is -1.66. The molecule has 1 aliphatic carbocycles. The summed E-state index contributed by atoms with van der Waals surface area (Å²) >= 11 is 1.79. The number of hydrogen-bond acceptors (Lipinski definition) is 4. The van der Waals surface area contributed by atoms with E-state index in [9.17, 15) is 4.79 Å². The van der Waals surface area contributed by atoms with Crippen molar-refractivity contribution in [2.45, 2.75) is 44.7 Å². The number of fused-ring (bicyclic) bond motifs is 1. The molecular formula is C18H24N4OS. The van der Waals surface area contributed by atoms with Crippen molar-refractivity contribution in [3.8, 4) is 0 Å². The Balaban J connectivity index is 1.50. The predicted molar refractivity (Wildman–Crippen MR) is 95.3 cm³/mol. The lowest BCUT2D eigenvalue weighted by atomic mass is 9.91. The molecule has 1 saturated heterocycles. The zero-order valence-electron chi connectivity index (χ0n) is 14.1. The van der Waals surface area contributed by atoms with Crippen molar-refractivity contribution in [2.24, 2.45) is 7.05 Å². The summed E-state index contributed by atoms with van der Waals surface area (Å²) in [5, 5.41) is 10.4. The van der Waals surface area contributed by atoms with Gasteiger partial charge in [-0.1, -0.05) is 6.07 Å². The van der Waals surface area contributed by atoms with E-state index in [4.69, 9.17) is 0 Å². The minimum atomic E-state index is 0.128. The zero-order chi connectivity index (χ0) is 16.5. The van der Waals surface area contributed by atoms with Gasteiger partial charge in [-0.25, -0.2) is 0 Å². The topological polar surface area (TPSA) is 50.2 Å². The number of nitrogens with one attached hydrogen (secondary N) is 1. The molecule has 6 heteroatoms. The van der Waals surface area contributed by atoms with Crippen LogP contribution in [0, 0.1) is 0 Å². The van der Waals surface area contributed by atoms with Crippen molar-refractivity contribution in [2.75, 3.05) is 13.1 Å². The molecule has 3 heterocycles. The van der Waals surface area contributed by atoms with Crippen molar-refractivity contribution in [1.29, 1.82) is 0 Å². The molecule has 0 bridgehead atoms. The Bertz CT molecular complexity index is 716. The minimum Gasteiger partial charge on any atom is -0.337 e. The van der Waals surface area contributed by atoms with Gasteiger partial charge in [-0.15, -0.1) is 11.3 Å². The van der Waals surface area contributed by atoms with Crippen LogP contribution in [0.5, 0.6) is 0 Å². The summed E-state index contributed by atoms with van der Waals surface area (Å²) in [6.45, 7) is 2.67. The second-order valence-corrected chi connectivity index (χ2v) is 7.83. The molecule has 4 rings (SSSR count). The van der Waals surface area contributed by atoms with Gasteiger partial charge in [0, 0.05) is 48.9 Å². The molecule has 1 amide bonds. The van der Waals surface area contributed by atoms with Gasteiger partial charge in [0.25, 0.3) is 5.91 Å². The molecule has 2 aromatic heterocycles. The van der Waals surface area contributed by atoms with Crippen LogP contribution in [0.3, 0.4) is 0 Å². The predicted octanol–water partition coefficient (Wildman–Crippen LogP) is 2.36. The lowest BCUT2D eigenvalue weighted by molar-refractivity contribution is 0.0785. The van der Waals surface area contributed by atoms with Crippen LogP contribution in [0.25, 0.3) is 0 Å². The van der Waals surface area contributed by atoms with Crippen molar-refractivity contribution in [3.63, 3.8) is 0 Å². The molecule has 5 nitrogen and oxygen atoms in total. The number of aromatic nitrogens is 2. The summed E-state index contributed by atoms with van der Waals surface area (Å²) < 4.78 is 1.92. The van der Waals surface area contributed by atoms with E-state index in [1.165, 1.54) is 16.1 Å². The summed E-state index contributed by atoms with van der Waals surface area (Å²) in [5.74, 6) is 0.128. The molecule has 0 saturated carbocycles. The highest BCUT2D eigenvalue weighted by molar-refractivity contribution is 7.09.